The number of aliphatic imine (C=N–C) groups is 1. The highest BCUT2D eigenvalue weighted by Crippen LogP contribution is 2.14. The van der Waals surface area contributed by atoms with Crippen LogP contribution in [0.25, 0.3) is 10.9 Å². The van der Waals surface area contributed by atoms with E-state index in [9.17, 15) is 0 Å². The molecule has 0 aliphatic carbocycles. The van der Waals surface area contributed by atoms with Gasteiger partial charge in [0.1, 0.15) is 11.6 Å². The number of pyridine rings is 1. The minimum absolute atomic E-state index is 0. The lowest BCUT2D eigenvalue weighted by molar-refractivity contribution is 0.464. The van der Waals surface area contributed by atoms with E-state index in [1.165, 1.54) is 0 Å². The maximum absolute atomic E-state index is 5.55. The number of guanidine groups is 1. The van der Waals surface area contributed by atoms with Gasteiger partial charge in [0.2, 0.25) is 5.89 Å². The Morgan fingerprint density at radius 3 is 2.59 bits per heavy atom. The van der Waals surface area contributed by atoms with Crippen molar-refractivity contribution in [1.82, 2.24) is 20.6 Å². The number of hydrogen-bond donors (Lipinski definition) is 3. The van der Waals surface area contributed by atoms with E-state index in [1.807, 2.05) is 38.1 Å². The Morgan fingerprint density at radius 2 is 1.85 bits per heavy atom. The second kappa shape index (κ2) is 10.1. The standard InChI is InChI=1S/C19H24N6O.HI/c1-13-14(2)26-18(24-13)12-23-19(20-3)22-11-10-21-17-9-8-15-6-4-5-7-16(15)25-17;/h4-9H,10-12H2,1-3H3,(H,21,25)(H2,20,22,23);1H. The summed E-state index contributed by atoms with van der Waals surface area (Å²) < 4.78 is 5.55. The lowest BCUT2D eigenvalue weighted by atomic mass is 10.2. The molecule has 0 aliphatic rings. The highest BCUT2D eigenvalue weighted by molar-refractivity contribution is 14.0. The van der Waals surface area contributed by atoms with Gasteiger partial charge in [0.05, 0.1) is 17.8 Å². The summed E-state index contributed by atoms with van der Waals surface area (Å²) in [5.74, 6) is 3.06. The predicted octanol–water partition coefficient (Wildman–Crippen LogP) is 3.23. The van der Waals surface area contributed by atoms with Crippen LogP contribution in [-0.2, 0) is 6.54 Å². The van der Waals surface area contributed by atoms with Gasteiger partial charge in [-0.15, -0.1) is 24.0 Å². The van der Waals surface area contributed by atoms with Gasteiger partial charge in [-0.25, -0.2) is 9.97 Å². The van der Waals surface area contributed by atoms with E-state index >= 15 is 0 Å². The molecule has 2 aromatic heterocycles. The average molecular weight is 480 g/mol. The zero-order chi connectivity index (χ0) is 18.4. The number of aromatic nitrogens is 2. The van der Waals surface area contributed by atoms with Crippen LogP contribution in [0.2, 0.25) is 0 Å². The van der Waals surface area contributed by atoms with E-state index in [0.717, 1.165) is 34.7 Å². The van der Waals surface area contributed by atoms with Gasteiger partial charge in [0.25, 0.3) is 0 Å². The summed E-state index contributed by atoms with van der Waals surface area (Å²) in [4.78, 5) is 13.1. The lowest BCUT2D eigenvalue weighted by Crippen LogP contribution is -2.39. The van der Waals surface area contributed by atoms with E-state index in [1.54, 1.807) is 7.05 Å². The Kier molecular flexibility index (Phi) is 7.83. The molecule has 1 aromatic carbocycles. The number of halogens is 1. The molecule has 0 fully saturated rings. The van der Waals surface area contributed by atoms with E-state index in [2.05, 4.69) is 43.0 Å². The quantitative estimate of drug-likeness (QED) is 0.217. The molecule has 3 rings (SSSR count). The number of nitrogens with one attached hydrogen (secondary N) is 3. The van der Waals surface area contributed by atoms with E-state index in [0.29, 0.717) is 24.9 Å². The Labute approximate surface area is 176 Å². The van der Waals surface area contributed by atoms with Crippen LogP contribution < -0.4 is 16.0 Å². The number of nitrogens with zero attached hydrogens (tertiary/aromatic N) is 3. The number of para-hydroxylation sites is 1. The summed E-state index contributed by atoms with van der Waals surface area (Å²) in [6.07, 6.45) is 0. The van der Waals surface area contributed by atoms with Crippen molar-refractivity contribution in [3.63, 3.8) is 0 Å². The first-order valence-electron chi connectivity index (χ1n) is 8.63. The molecular weight excluding hydrogens is 455 g/mol. The largest absolute Gasteiger partial charge is 0.444 e. The summed E-state index contributed by atoms with van der Waals surface area (Å²) in [5.41, 5.74) is 1.90. The number of benzene rings is 1. The molecule has 0 atom stereocenters. The average Bonchev–Trinajstić information content (AvgIpc) is 2.98. The molecular formula is C19H25IN6O. The first kappa shape index (κ1) is 20.9. The second-order valence-electron chi connectivity index (χ2n) is 5.92. The number of anilines is 1. The number of hydrogen-bond acceptors (Lipinski definition) is 5. The highest BCUT2D eigenvalue weighted by atomic mass is 127. The number of rotatable bonds is 6. The zero-order valence-electron chi connectivity index (χ0n) is 15.7. The fourth-order valence-electron chi connectivity index (χ4n) is 2.53. The summed E-state index contributed by atoms with van der Waals surface area (Å²) in [7, 11) is 1.74. The molecule has 8 heteroatoms. The van der Waals surface area contributed by atoms with Crippen molar-refractivity contribution in [2.75, 3.05) is 25.5 Å². The van der Waals surface area contributed by atoms with Crippen molar-refractivity contribution < 1.29 is 4.42 Å². The number of fused-ring (bicyclic) bond motifs is 1. The SMILES string of the molecule is CN=C(NCCNc1ccc2ccccc2n1)NCc1nc(C)c(C)o1.I. The Bertz CT molecular complexity index is 889. The first-order chi connectivity index (χ1) is 12.7. The molecule has 0 radical (unpaired) electrons. The van der Waals surface area contributed by atoms with Gasteiger partial charge in [-0.1, -0.05) is 18.2 Å². The van der Waals surface area contributed by atoms with Gasteiger partial charge >= 0.3 is 0 Å². The summed E-state index contributed by atoms with van der Waals surface area (Å²) in [5, 5.41) is 10.9. The lowest BCUT2D eigenvalue weighted by Gasteiger charge is -2.11. The molecule has 0 spiro atoms. The first-order valence-corrected chi connectivity index (χ1v) is 8.63. The maximum Gasteiger partial charge on any atom is 0.214 e. The fourth-order valence-corrected chi connectivity index (χ4v) is 2.53. The third-order valence-electron chi connectivity index (χ3n) is 4.03. The van der Waals surface area contributed by atoms with Gasteiger partial charge in [-0.05, 0) is 32.0 Å². The molecule has 3 aromatic rings. The zero-order valence-corrected chi connectivity index (χ0v) is 18.1. The summed E-state index contributed by atoms with van der Waals surface area (Å²) in [6, 6.07) is 12.1. The van der Waals surface area contributed by atoms with Crippen molar-refractivity contribution in [1.29, 1.82) is 0 Å². The van der Waals surface area contributed by atoms with Crippen molar-refractivity contribution in [2.45, 2.75) is 20.4 Å². The van der Waals surface area contributed by atoms with E-state index in [-0.39, 0.29) is 24.0 Å². The van der Waals surface area contributed by atoms with Crippen LogP contribution in [0.5, 0.6) is 0 Å². The third-order valence-corrected chi connectivity index (χ3v) is 4.03. The van der Waals surface area contributed by atoms with Crippen LogP contribution in [0.1, 0.15) is 17.3 Å². The van der Waals surface area contributed by atoms with Crippen molar-refractivity contribution in [3.8, 4) is 0 Å². The second-order valence-corrected chi connectivity index (χ2v) is 5.92. The molecule has 3 N–H and O–H groups in total. The molecule has 0 amide bonds. The highest BCUT2D eigenvalue weighted by Gasteiger charge is 2.06. The van der Waals surface area contributed by atoms with Crippen LogP contribution in [0.4, 0.5) is 5.82 Å². The minimum atomic E-state index is 0. The molecule has 2 heterocycles. The summed E-state index contributed by atoms with van der Waals surface area (Å²) in [6.45, 7) is 5.77. The van der Waals surface area contributed by atoms with Gasteiger partial charge in [0, 0.05) is 25.5 Å². The topological polar surface area (TPSA) is 87.4 Å². The Hall–Kier alpha value is -2.36. The molecule has 0 saturated carbocycles. The maximum atomic E-state index is 5.55. The van der Waals surface area contributed by atoms with Crippen molar-refractivity contribution >= 4 is 46.7 Å². The Morgan fingerprint density at radius 1 is 1.04 bits per heavy atom. The molecule has 0 unspecified atom stereocenters. The molecule has 7 nitrogen and oxygen atoms in total. The molecule has 0 saturated heterocycles. The van der Waals surface area contributed by atoms with Crippen LogP contribution in [-0.4, -0.2) is 36.1 Å². The third kappa shape index (κ3) is 5.81. The monoisotopic (exact) mass is 480 g/mol. The van der Waals surface area contributed by atoms with Crippen LogP contribution in [0, 0.1) is 13.8 Å². The van der Waals surface area contributed by atoms with Crippen molar-refractivity contribution in [2.24, 2.45) is 4.99 Å². The number of aryl methyl sites for hydroxylation is 2. The van der Waals surface area contributed by atoms with Crippen molar-refractivity contribution in [3.05, 3.63) is 53.7 Å². The number of oxazole rings is 1. The molecule has 27 heavy (non-hydrogen) atoms. The molecule has 0 aliphatic heterocycles. The Balaban J connectivity index is 0.00000261. The van der Waals surface area contributed by atoms with Gasteiger partial charge in [0.15, 0.2) is 5.96 Å². The smallest absolute Gasteiger partial charge is 0.214 e. The molecule has 0 bridgehead atoms. The van der Waals surface area contributed by atoms with E-state index < -0.39 is 0 Å². The van der Waals surface area contributed by atoms with Crippen LogP contribution in [0.15, 0.2) is 45.8 Å². The van der Waals surface area contributed by atoms with Gasteiger partial charge in [-0.3, -0.25) is 4.99 Å². The fraction of sp³-hybridized carbons (Fsp3) is 0.316. The molecule has 144 valence electrons. The predicted molar refractivity (Wildman–Crippen MR) is 120 cm³/mol. The van der Waals surface area contributed by atoms with Gasteiger partial charge < -0.3 is 20.4 Å². The normalized spacial score (nSPS) is 11.1. The van der Waals surface area contributed by atoms with Crippen LogP contribution >= 0.6 is 24.0 Å². The van der Waals surface area contributed by atoms with Crippen LogP contribution in [0.3, 0.4) is 0 Å². The summed E-state index contributed by atoms with van der Waals surface area (Å²) >= 11 is 0. The minimum Gasteiger partial charge on any atom is -0.444 e. The van der Waals surface area contributed by atoms with Gasteiger partial charge in [-0.2, -0.15) is 0 Å². The van der Waals surface area contributed by atoms with E-state index in [4.69, 9.17) is 4.42 Å².